The molecule has 0 unspecified atom stereocenters. The summed E-state index contributed by atoms with van der Waals surface area (Å²) >= 11 is 0. The number of anilines is 1. The van der Waals surface area contributed by atoms with Crippen LogP contribution >= 0.6 is 0 Å². The zero-order valence-corrected chi connectivity index (χ0v) is 20.4. The van der Waals surface area contributed by atoms with Gasteiger partial charge in [0.15, 0.2) is 17.7 Å². The van der Waals surface area contributed by atoms with Crippen molar-refractivity contribution in [2.45, 2.75) is 69.8 Å². The molecule has 4 rings (SSSR count). The Bertz CT molecular complexity index is 1070. The number of carbonyl (C=O) groups excluding carboxylic acids is 2. The van der Waals surface area contributed by atoms with Crippen molar-refractivity contribution in [3.05, 3.63) is 12.7 Å². The summed E-state index contributed by atoms with van der Waals surface area (Å²) < 4.78 is 11.2. The number of hydrogen-bond acceptors (Lipinski definition) is 11. The molecule has 2 aliphatic rings. The lowest BCUT2D eigenvalue weighted by atomic mass is 9.94. The van der Waals surface area contributed by atoms with E-state index in [1.807, 2.05) is 0 Å². The molecule has 0 saturated carbocycles. The molecule has 36 heavy (non-hydrogen) atoms. The molecule has 0 aromatic carbocycles. The number of ether oxygens (including phenoxy) is 2. The Morgan fingerprint density at radius 2 is 2.03 bits per heavy atom. The number of aromatic amines is 1. The van der Waals surface area contributed by atoms with E-state index < -0.39 is 48.9 Å². The van der Waals surface area contributed by atoms with E-state index in [1.54, 1.807) is 25.7 Å². The van der Waals surface area contributed by atoms with Crippen LogP contribution in [-0.4, -0.2) is 108 Å². The number of carbonyl (C=O) groups is 2. The van der Waals surface area contributed by atoms with Crippen molar-refractivity contribution < 1.29 is 34.4 Å². The van der Waals surface area contributed by atoms with Crippen LogP contribution in [0.2, 0.25) is 0 Å². The van der Waals surface area contributed by atoms with E-state index in [4.69, 9.17) is 9.47 Å². The molecule has 0 aliphatic carbocycles. The number of rotatable bonds is 6. The van der Waals surface area contributed by atoms with E-state index in [1.165, 1.54) is 12.7 Å². The van der Waals surface area contributed by atoms with E-state index >= 15 is 0 Å². The van der Waals surface area contributed by atoms with E-state index in [0.29, 0.717) is 36.5 Å². The average Bonchev–Trinajstić information content (AvgIpc) is 3.48. The first-order valence-electron chi connectivity index (χ1n) is 11.9. The lowest BCUT2D eigenvalue weighted by Gasteiger charge is -2.42. The fourth-order valence-electron chi connectivity index (χ4n) is 4.43. The van der Waals surface area contributed by atoms with Gasteiger partial charge in [0.1, 0.15) is 35.8 Å². The topological polar surface area (TPSA) is 195 Å². The third kappa shape index (κ3) is 5.83. The van der Waals surface area contributed by atoms with Crippen LogP contribution in [0, 0.1) is 5.92 Å². The van der Waals surface area contributed by atoms with Gasteiger partial charge in [0, 0.05) is 19.5 Å². The van der Waals surface area contributed by atoms with Crippen molar-refractivity contribution in [3.63, 3.8) is 0 Å². The maximum Gasteiger partial charge on any atom is 0.410 e. The van der Waals surface area contributed by atoms with Crippen LogP contribution in [0.1, 0.15) is 33.6 Å². The second-order valence-corrected chi connectivity index (χ2v) is 10.1. The maximum atomic E-state index is 12.8. The summed E-state index contributed by atoms with van der Waals surface area (Å²) in [6.45, 7) is 5.74. The van der Waals surface area contributed by atoms with Gasteiger partial charge >= 0.3 is 6.09 Å². The van der Waals surface area contributed by atoms with Crippen LogP contribution in [0.15, 0.2) is 12.7 Å². The molecule has 2 aromatic heterocycles. The minimum Gasteiger partial charge on any atom is -0.444 e. The zero-order chi connectivity index (χ0) is 26.0. The summed E-state index contributed by atoms with van der Waals surface area (Å²) in [5, 5.41) is 36.9. The molecule has 0 bridgehead atoms. The van der Waals surface area contributed by atoms with Crippen molar-refractivity contribution in [3.8, 4) is 0 Å². The minimum atomic E-state index is -1.44. The second kappa shape index (κ2) is 10.5. The number of aromatic nitrogens is 4. The van der Waals surface area contributed by atoms with Gasteiger partial charge in [0.2, 0.25) is 5.91 Å². The van der Waals surface area contributed by atoms with E-state index in [9.17, 15) is 24.9 Å². The van der Waals surface area contributed by atoms with Crippen molar-refractivity contribution in [2.24, 2.45) is 5.92 Å². The van der Waals surface area contributed by atoms with Gasteiger partial charge in [-0.15, -0.1) is 0 Å². The number of likely N-dealkylation sites (tertiary alicyclic amines) is 1. The molecular weight excluding hydrogens is 474 g/mol. The normalized spacial score (nSPS) is 28.8. The van der Waals surface area contributed by atoms with E-state index in [2.05, 4.69) is 30.6 Å². The molecule has 2 amide bonds. The molecule has 0 spiro atoms. The van der Waals surface area contributed by atoms with Crippen molar-refractivity contribution in [2.75, 3.05) is 25.0 Å². The number of amides is 2. The molecule has 0 radical (unpaired) electrons. The van der Waals surface area contributed by atoms with Gasteiger partial charge < -0.3 is 45.3 Å². The van der Waals surface area contributed by atoms with Crippen LogP contribution in [-0.2, 0) is 14.3 Å². The monoisotopic (exact) mass is 507 g/mol. The Balaban J connectivity index is 1.34. The fraction of sp³-hybridized carbons (Fsp3) is 0.682. The average molecular weight is 508 g/mol. The minimum absolute atomic E-state index is 0.0827. The third-order valence-corrected chi connectivity index (χ3v) is 6.17. The first-order chi connectivity index (χ1) is 17.1. The first-order valence-corrected chi connectivity index (χ1v) is 11.9. The Hall–Kier alpha value is -3.07. The maximum absolute atomic E-state index is 12.8. The molecule has 2 fully saturated rings. The highest BCUT2D eigenvalue weighted by Crippen LogP contribution is 2.26. The molecule has 6 atom stereocenters. The summed E-state index contributed by atoms with van der Waals surface area (Å²) in [6.07, 6.45) is -1.94. The number of nitrogens with zero attached hydrogens (tertiary/aromatic N) is 4. The SMILES string of the molecule is CC(C)(C)OC(=O)N1CC[C@@H](CC(=O)N[C@@H]2[C@@H](O)[C@H](O)[C@@H](Nc3ncnc4nc[nH]c34)O[C@H]2CO)C1. The third-order valence-electron chi connectivity index (χ3n) is 6.17. The zero-order valence-electron chi connectivity index (χ0n) is 20.4. The lowest BCUT2D eigenvalue weighted by Crippen LogP contribution is -2.65. The molecule has 4 heterocycles. The van der Waals surface area contributed by atoms with Gasteiger partial charge in [0.25, 0.3) is 0 Å². The largest absolute Gasteiger partial charge is 0.444 e. The standard InChI is InChI=1S/C22H33N7O7/c1-22(2,3)36-21(34)29-5-4-11(7-29)6-13(31)27-14-12(8-30)35-20(17(33)16(14)32)28-19-15-18(24-9-23-15)25-10-26-19/h9-12,14,16-17,20,30,32-33H,4-8H2,1-3H3,(H,27,31)(H2,23,24,25,26,28)/t11-,12-,14-,16+,17-,20-/m0/s1. The smallest absolute Gasteiger partial charge is 0.410 e. The number of nitrogens with one attached hydrogen (secondary N) is 3. The van der Waals surface area contributed by atoms with Gasteiger partial charge in [-0.25, -0.2) is 19.7 Å². The van der Waals surface area contributed by atoms with Crippen LogP contribution < -0.4 is 10.6 Å². The highest BCUT2D eigenvalue weighted by Gasteiger charge is 2.45. The highest BCUT2D eigenvalue weighted by atomic mass is 16.6. The van der Waals surface area contributed by atoms with Gasteiger partial charge in [-0.1, -0.05) is 0 Å². The molecule has 198 valence electrons. The number of hydrogen-bond donors (Lipinski definition) is 6. The number of aliphatic hydroxyl groups excluding tert-OH is 3. The predicted molar refractivity (Wildman–Crippen MR) is 126 cm³/mol. The van der Waals surface area contributed by atoms with Gasteiger partial charge in [-0.2, -0.15) is 0 Å². The van der Waals surface area contributed by atoms with Gasteiger partial charge in [-0.3, -0.25) is 4.79 Å². The van der Waals surface area contributed by atoms with Gasteiger partial charge in [-0.05, 0) is 33.1 Å². The molecule has 6 N–H and O–H groups in total. The molecular formula is C22H33N7O7. The van der Waals surface area contributed by atoms with Crippen molar-refractivity contribution in [1.29, 1.82) is 0 Å². The Morgan fingerprint density at radius 1 is 1.25 bits per heavy atom. The quantitative estimate of drug-likeness (QED) is 0.290. The fourth-order valence-corrected chi connectivity index (χ4v) is 4.43. The second-order valence-electron chi connectivity index (χ2n) is 10.1. The Labute approximate surface area is 207 Å². The van der Waals surface area contributed by atoms with Crippen LogP contribution in [0.25, 0.3) is 11.2 Å². The summed E-state index contributed by atoms with van der Waals surface area (Å²) in [7, 11) is 0. The van der Waals surface area contributed by atoms with E-state index in [0.717, 1.165) is 0 Å². The summed E-state index contributed by atoms with van der Waals surface area (Å²) in [6, 6.07) is -1.04. The summed E-state index contributed by atoms with van der Waals surface area (Å²) in [5.41, 5.74) is 0.281. The Morgan fingerprint density at radius 3 is 2.75 bits per heavy atom. The first kappa shape index (κ1) is 26.0. The van der Waals surface area contributed by atoms with Crippen molar-refractivity contribution >= 4 is 29.0 Å². The van der Waals surface area contributed by atoms with Crippen LogP contribution in [0.4, 0.5) is 10.6 Å². The predicted octanol–water partition coefficient (Wildman–Crippen LogP) is -0.664. The molecule has 14 heteroatoms. The van der Waals surface area contributed by atoms with Crippen molar-refractivity contribution in [1.82, 2.24) is 30.2 Å². The number of imidazole rings is 1. The number of H-pyrrole nitrogens is 1. The molecule has 14 nitrogen and oxygen atoms in total. The lowest BCUT2D eigenvalue weighted by molar-refractivity contribution is -0.185. The highest BCUT2D eigenvalue weighted by molar-refractivity contribution is 5.82. The van der Waals surface area contributed by atoms with Crippen LogP contribution in [0.3, 0.4) is 0 Å². The molecule has 2 saturated heterocycles. The molecule has 2 aliphatic heterocycles. The number of fused-ring (bicyclic) bond motifs is 1. The summed E-state index contributed by atoms with van der Waals surface area (Å²) in [4.78, 5) is 41.6. The molecule has 2 aromatic rings. The Kier molecular flexibility index (Phi) is 7.59. The summed E-state index contributed by atoms with van der Waals surface area (Å²) in [5.74, 6) is -0.171. The van der Waals surface area contributed by atoms with E-state index in [-0.39, 0.29) is 18.2 Å². The van der Waals surface area contributed by atoms with Crippen LogP contribution in [0.5, 0.6) is 0 Å². The van der Waals surface area contributed by atoms with Gasteiger partial charge in [0.05, 0.1) is 19.0 Å². The number of aliphatic hydroxyl groups is 3.